The van der Waals surface area contributed by atoms with Gasteiger partial charge in [-0.1, -0.05) is 32.6 Å². The van der Waals surface area contributed by atoms with Gasteiger partial charge in [-0.05, 0) is 32.6 Å². The monoisotopic (exact) mass is 421 g/mol. The molecule has 2 unspecified atom stereocenters. The molecule has 1 saturated carbocycles. The van der Waals surface area contributed by atoms with Crippen LogP contribution in [0.4, 0.5) is 0 Å². The fourth-order valence-electron chi connectivity index (χ4n) is 4.98. The Balaban J connectivity index is 1.50. The summed E-state index contributed by atoms with van der Waals surface area (Å²) in [7, 11) is 0. The Morgan fingerprint density at radius 1 is 1.00 bits per heavy atom. The average molecular weight is 422 g/mol. The third-order valence-electron chi connectivity index (χ3n) is 7.19. The maximum absolute atomic E-state index is 12.7. The van der Waals surface area contributed by atoms with Crippen molar-refractivity contribution in [2.75, 3.05) is 58.9 Å². The molecule has 0 aromatic heterocycles. The SMILES string of the molecule is CCNC(=NCC1(C)CCCCC1O)N1CCN(CC(=O)N2CCCCCC2)CC1. The lowest BCUT2D eigenvalue weighted by Gasteiger charge is -2.39. The lowest BCUT2D eigenvalue weighted by Crippen LogP contribution is -2.54. The number of amides is 1. The first-order valence-corrected chi connectivity index (χ1v) is 12.2. The highest BCUT2D eigenvalue weighted by atomic mass is 16.3. The summed E-state index contributed by atoms with van der Waals surface area (Å²) < 4.78 is 0. The third kappa shape index (κ3) is 6.33. The van der Waals surface area contributed by atoms with Gasteiger partial charge in [0, 0.05) is 51.2 Å². The fourth-order valence-corrected chi connectivity index (χ4v) is 4.98. The molecule has 7 nitrogen and oxygen atoms in total. The van der Waals surface area contributed by atoms with Gasteiger partial charge < -0.3 is 20.2 Å². The van der Waals surface area contributed by atoms with Crippen molar-refractivity contribution in [3.8, 4) is 0 Å². The summed E-state index contributed by atoms with van der Waals surface area (Å²) in [4.78, 5) is 24.3. The van der Waals surface area contributed by atoms with Crippen LogP contribution in [0.3, 0.4) is 0 Å². The molecule has 2 N–H and O–H groups in total. The molecule has 0 radical (unpaired) electrons. The molecule has 3 rings (SSSR count). The van der Waals surface area contributed by atoms with Crippen LogP contribution in [0.2, 0.25) is 0 Å². The fraction of sp³-hybridized carbons (Fsp3) is 0.913. The van der Waals surface area contributed by atoms with Gasteiger partial charge in [-0.2, -0.15) is 0 Å². The molecular weight excluding hydrogens is 378 g/mol. The number of nitrogens with one attached hydrogen (secondary N) is 1. The van der Waals surface area contributed by atoms with Crippen molar-refractivity contribution < 1.29 is 9.90 Å². The molecule has 3 aliphatic rings. The number of carbonyl (C=O) groups is 1. The molecule has 0 aromatic rings. The van der Waals surface area contributed by atoms with Gasteiger partial charge in [0.25, 0.3) is 0 Å². The summed E-state index contributed by atoms with van der Waals surface area (Å²) in [6.07, 6.45) is 8.80. The van der Waals surface area contributed by atoms with E-state index >= 15 is 0 Å². The summed E-state index contributed by atoms with van der Waals surface area (Å²) in [6.45, 7) is 11.8. The van der Waals surface area contributed by atoms with E-state index in [1.807, 2.05) is 0 Å². The van der Waals surface area contributed by atoms with Gasteiger partial charge in [0.15, 0.2) is 5.96 Å². The Hall–Kier alpha value is -1.34. The minimum absolute atomic E-state index is 0.111. The molecule has 2 saturated heterocycles. The highest BCUT2D eigenvalue weighted by Crippen LogP contribution is 2.36. The zero-order valence-corrected chi connectivity index (χ0v) is 19.2. The molecular formula is C23H43N5O2. The Bertz CT molecular complexity index is 568. The quantitative estimate of drug-likeness (QED) is 0.524. The van der Waals surface area contributed by atoms with Crippen molar-refractivity contribution in [2.24, 2.45) is 10.4 Å². The summed E-state index contributed by atoms with van der Waals surface area (Å²) in [6, 6.07) is 0. The Kier molecular flexibility index (Phi) is 8.81. The van der Waals surface area contributed by atoms with E-state index in [2.05, 4.69) is 33.9 Å². The van der Waals surface area contributed by atoms with E-state index in [4.69, 9.17) is 4.99 Å². The standard InChI is InChI=1S/C23H43N5O2/c1-3-24-22(25-19-23(2)11-7-6-10-20(23)29)28-16-14-26(15-17-28)18-21(30)27-12-8-4-5-9-13-27/h20,29H,3-19H2,1-2H3,(H,24,25). The second kappa shape index (κ2) is 11.3. The molecule has 2 aliphatic heterocycles. The molecule has 0 spiro atoms. The number of piperazine rings is 1. The molecule has 0 bridgehead atoms. The van der Waals surface area contributed by atoms with Crippen LogP contribution >= 0.6 is 0 Å². The zero-order chi connectivity index (χ0) is 21.4. The van der Waals surface area contributed by atoms with Crippen molar-refractivity contribution in [3.05, 3.63) is 0 Å². The number of guanidine groups is 1. The van der Waals surface area contributed by atoms with Gasteiger partial charge in [0.05, 0.1) is 19.2 Å². The van der Waals surface area contributed by atoms with Gasteiger partial charge in [-0.15, -0.1) is 0 Å². The lowest BCUT2D eigenvalue weighted by molar-refractivity contribution is -0.132. The van der Waals surface area contributed by atoms with Crippen LogP contribution < -0.4 is 5.32 Å². The second-order valence-corrected chi connectivity index (χ2v) is 9.64. The minimum Gasteiger partial charge on any atom is -0.392 e. The third-order valence-corrected chi connectivity index (χ3v) is 7.19. The van der Waals surface area contributed by atoms with Crippen LogP contribution in [-0.4, -0.2) is 96.7 Å². The van der Waals surface area contributed by atoms with E-state index in [0.717, 1.165) is 83.9 Å². The van der Waals surface area contributed by atoms with Crippen LogP contribution in [0.5, 0.6) is 0 Å². The number of likely N-dealkylation sites (tertiary alicyclic amines) is 1. The Morgan fingerprint density at radius 3 is 2.33 bits per heavy atom. The van der Waals surface area contributed by atoms with Gasteiger partial charge in [-0.3, -0.25) is 14.7 Å². The van der Waals surface area contributed by atoms with Crippen LogP contribution in [0, 0.1) is 5.41 Å². The molecule has 172 valence electrons. The predicted octanol–water partition coefficient (Wildman–Crippen LogP) is 1.91. The minimum atomic E-state index is -0.250. The first-order valence-electron chi connectivity index (χ1n) is 12.2. The number of aliphatic hydroxyl groups is 1. The van der Waals surface area contributed by atoms with Crippen LogP contribution in [0.25, 0.3) is 0 Å². The van der Waals surface area contributed by atoms with E-state index in [1.165, 1.54) is 19.3 Å². The van der Waals surface area contributed by atoms with E-state index in [-0.39, 0.29) is 11.5 Å². The smallest absolute Gasteiger partial charge is 0.236 e. The van der Waals surface area contributed by atoms with Gasteiger partial charge in [0.2, 0.25) is 5.91 Å². The van der Waals surface area contributed by atoms with Crippen LogP contribution in [0.15, 0.2) is 4.99 Å². The molecule has 2 heterocycles. The van der Waals surface area contributed by atoms with E-state index in [0.29, 0.717) is 19.0 Å². The number of hydrogen-bond donors (Lipinski definition) is 2. The van der Waals surface area contributed by atoms with Crippen molar-refractivity contribution in [1.82, 2.24) is 20.0 Å². The van der Waals surface area contributed by atoms with Crippen molar-refractivity contribution >= 4 is 11.9 Å². The number of hydrogen-bond acceptors (Lipinski definition) is 4. The van der Waals surface area contributed by atoms with Gasteiger partial charge in [0.1, 0.15) is 0 Å². The summed E-state index contributed by atoms with van der Waals surface area (Å²) in [5.41, 5.74) is -0.111. The average Bonchev–Trinajstić information content (AvgIpc) is 3.04. The maximum atomic E-state index is 12.7. The molecule has 3 fully saturated rings. The lowest BCUT2D eigenvalue weighted by atomic mass is 9.73. The maximum Gasteiger partial charge on any atom is 0.236 e. The normalized spacial score (nSPS) is 29.6. The Labute approximate surface area is 182 Å². The van der Waals surface area contributed by atoms with Gasteiger partial charge in [-0.25, -0.2) is 0 Å². The number of nitrogens with zero attached hydrogens (tertiary/aromatic N) is 4. The predicted molar refractivity (Wildman–Crippen MR) is 122 cm³/mol. The largest absolute Gasteiger partial charge is 0.392 e. The highest BCUT2D eigenvalue weighted by Gasteiger charge is 2.35. The molecule has 7 heteroatoms. The van der Waals surface area contributed by atoms with E-state index in [1.54, 1.807) is 0 Å². The van der Waals surface area contributed by atoms with E-state index in [9.17, 15) is 9.90 Å². The molecule has 2 atom stereocenters. The number of aliphatic hydroxyl groups excluding tert-OH is 1. The first kappa shape index (κ1) is 23.3. The van der Waals surface area contributed by atoms with Crippen LogP contribution in [-0.2, 0) is 4.79 Å². The highest BCUT2D eigenvalue weighted by molar-refractivity contribution is 5.80. The van der Waals surface area contributed by atoms with Crippen molar-refractivity contribution in [1.29, 1.82) is 0 Å². The Morgan fingerprint density at radius 2 is 1.70 bits per heavy atom. The van der Waals surface area contributed by atoms with Crippen LogP contribution in [0.1, 0.15) is 65.2 Å². The molecule has 1 aliphatic carbocycles. The number of aliphatic imine (C=N–C) groups is 1. The summed E-state index contributed by atoms with van der Waals surface area (Å²) >= 11 is 0. The molecule has 0 aromatic carbocycles. The second-order valence-electron chi connectivity index (χ2n) is 9.64. The molecule has 30 heavy (non-hydrogen) atoms. The number of rotatable bonds is 5. The summed E-state index contributed by atoms with van der Waals surface area (Å²) in [5, 5.41) is 13.9. The number of carbonyl (C=O) groups excluding carboxylic acids is 1. The van der Waals surface area contributed by atoms with E-state index < -0.39 is 0 Å². The van der Waals surface area contributed by atoms with Crippen molar-refractivity contribution in [3.63, 3.8) is 0 Å². The topological polar surface area (TPSA) is 71.4 Å². The molecule has 1 amide bonds. The zero-order valence-electron chi connectivity index (χ0n) is 19.2. The van der Waals surface area contributed by atoms with Gasteiger partial charge >= 0.3 is 0 Å². The van der Waals surface area contributed by atoms with Crippen molar-refractivity contribution in [2.45, 2.75) is 71.3 Å². The first-order chi connectivity index (χ1) is 14.5. The summed E-state index contributed by atoms with van der Waals surface area (Å²) in [5.74, 6) is 1.25.